The maximum absolute atomic E-state index is 12.4. The Balaban J connectivity index is 1.94. The van der Waals surface area contributed by atoms with Gasteiger partial charge < -0.3 is 14.6 Å². The maximum Gasteiger partial charge on any atom is 0.315 e. The summed E-state index contributed by atoms with van der Waals surface area (Å²) in [6.07, 6.45) is 4.19. The molecule has 118 valence electrons. The molecule has 3 aliphatic carbocycles. The fourth-order valence-corrected chi connectivity index (χ4v) is 4.01. The Bertz CT molecular complexity index is 423. The lowest BCUT2D eigenvalue weighted by molar-refractivity contribution is -0.187. The molecule has 0 saturated heterocycles. The second kappa shape index (κ2) is 4.70. The molecule has 3 aliphatic rings. The van der Waals surface area contributed by atoms with Crippen LogP contribution in [0.5, 0.6) is 0 Å². The Hall–Kier alpha value is -1.10. The van der Waals surface area contributed by atoms with E-state index >= 15 is 0 Å². The first kappa shape index (κ1) is 14.8. The van der Waals surface area contributed by atoms with Gasteiger partial charge in [-0.25, -0.2) is 0 Å². The summed E-state index contributed by atoms with van der Waals surface area (Å²) in [6.45, 7) is 4.13. The van der Waals surface area contributed by atoms with Crippen molar-refractivity contribution in [3.05, 3.63) is 0 Å². The predicted octanol–water partition coefficient (Wildman–Crippen LogP) is 1.81. The number of hydrogen-bond donors (Lipinski definition) is 1. The van der Waals surface area contributed by atoms with Crippen LogP contribution in [0.25, 0.3) is 0 Å². The zero-order valence-corrected chi connectivity index (χ0v) is 12.8. The molecule has 0 aromatic heterocycles. The average molecular weight is 296 g/mol. The molecule has 0 aliphatic heterocycles. The highest BCUT2D eigenvalue weighted by Crippen LogP contribution is 2.73. The molecule has 0 heterocycles. The van der Waals surface area contributed by atoms with Gasteiger partial charge in [-0.3, -0.25) is 9.59 Å². The van der Waals surface area contributed by atoms with E-state index in [1.54, 1.807) is 13.8 Å². The van der Waals surface area contributed by atoms with Gasteiger partial charge in [0.25, 0.3) is 0 Å². The predicted molar refractivity (Wildman–Crippen MR) is 74.3 cm³/mol. The standard InChI is InChI=1S/C16H24O5/c1-3-20-12(17)14(7-8-14)16(19,11-5-6-11)15(9-10-15)13(18)21-4-2/h11,19H,3-10H2,1-2H3. The number of aliphatic hydroxyl groups is 1. The van der Waals surface area contributed by atoms with Gasteiger partial charge in [-0.05, 0) is 58.3 Å². The number of carbonyl (C=O) groups excluding carboxylic acids is 2. The van der Waals surface area contributed by atoms with E-state index < -0.39 is 16.4 Å². The van der Waals surface area contributed by atoms with Gasteiger partial charge in [0.15, 0.2) is 0 Å². The van der Waals surface area contributed by atoms with Gasteiger partial charge in [0.1, 0.15) is 0 Å². The lowest BCUT2D eigenvalue weighted by Crippen LogP contribution is -2.57. The molecule has 3 saturated carbocycles. The van der Waals surface area contributed by atoms with Gasteiger partial charge >= 0.3 is 11.9 Å². The summed E-state index contributed by atoms with van der Waals surface area (Å²) in [5.41, 5.74) is -3.04. The Morgan fingerprint density at radius 1 is 1.00 bits per heavy atom. The van der Waals surface area contributed by atoms with Gasteiger partial charge in [0, 0.05) is 0 Å². The van der Waals surface area contributed by atoms with Crippen molar-refractivity contribution < 1.29 is 24.2 Å². The molecule has 21 heavy (non-hydrogen) atoms. The van der Waals surface area contributed by atoms with Crippen LogP contribution in [0.3, 0.4) is 0 Å². The summed E-state index contributed by atoms with van der Waals surface area (Å²) in [6, 6.07) is 0. The second-order valence-corrected chi connectivity index (χ2v) is 6.65. The number of rotatable bonds is 7. The fraction of sp³-hybridized carbons (Fsp3) is 0.875. The van der Waals surface area contributed by atoms with Crippen molar-refractivity contribution in [1.82, 2.24) is 0 Å². The number of esters is 2. The topological polar surface area (TPSA) is 72.8 Å². The van der Waals surface area contributed by atoms with Crippen molar-refractivity contribution in [3.8, 4) is 0 Å². The first-order valence-corrected chi connectivity index (χ1v) is 8.05. The number of ether oxygens (including phenoxy) is 2. The first-order chi connectivity index (χ1) is 9.98. The van der Waals surface area contributed by atoms with E-state index in [1.165, 1.54) is 0 Å². The van der Waals surface area contributed by atoms with Crippen LogP contribution in [-0.4, -0.2) is 35.9 Å². The third kappa shape index (κ3) is 1.86. The van der Waals surface area contributed by atoms with Gasteiger partial charge in [-0.15, -0.1) is 0 Å². The van der Waals surface area contributed by atoms with Crippen molar-refractivity contribution in [2.75, 3.05) is 13.2 Å². The Morgan fingerprint density at radius 3 is 1.62 bits per heavy atom. The smallest absolute Gasteiger partial charge is 0.315 e. The van der Waals surface area contributed by atoms with Crippen LogP contribution in [0.1, 0.15) is 52.4 Å². The molecule has 1 N–H and O–H groups in total. The van der Waals surface area contributed by atoms with Gasteiger partial charge in [-0.1, -0.05) is 0 Å². The summed E-state index contributed by atoms with van der Waals surface area (Å²) in [5.74, 6) is -0.652. The molecule has 0 aromatic carbocycles. The molecule has 0 atom stereocenters. The van der Waals surface area contributed by atoms with Crippen LogP contribution < -0.4 is 0 Å². The average Bonchev–Trinajstić information content (AvgIpc) is 3.32. The minimum atomic E-state index is -1.28. The molecule has 0 unspecified atom stereocenters. The van der Waals surface area contributed by atoms with E-state index in [2.05, 4.69) is 0 Å². The lowest BCUT2D eigenvalue weighted by Gasteiger charge is -2.41. The fourth-order valence-electron chi connectivity index (χ4n) is 4.01. The molecule has 0 amide bonds. The highest BCUT2D eigenvalue weighted by Gasteiger charge is 2.81. The molecule has 3 rings (SSSR count). The zero-order valence-electron chi connectivity index (χ0n) is 12.8. The van der Waals surface area contributed by atoms with Crippen LogP contribution in [0.15, 0.2) is 0 Å². The molecule has 0 spiro atoms. The van der Waals surface area contributed by atoms with E-state index in [9.17, 15) is 14.7 Å². The third-order valence-electron chi connectivity index (χ3n) is 5.46. The summed E-state index contributed by atoms with van der Waals surface area (Å²) in [7, 11) is 0. The van der Waals surface area contributed by atoms with E-state index in [0.29, 0.717) is 38.9 Å². The van der Waals surface area contributed by atoms with Crippen LogP contribution in [0.2, 0.25) is 0 Å². The van der Waals surface area contributed by atoms with Crippen LogP contribution in [0, 0.1) is 16.7 Å². The van der Waals surface area contributed by atoms with Crippen molar-refractivity contribution in [2.45, 2.75) is 58.0 Å². The minimum Gasteiger partial charge on any atom is -0.465 e. The normalized spacial score (nSPS) is 25.1. The van der Waals surface area contributed by atoms with Crippen molar-refractivity contribution in [2.24, 2.45) is 16.7 Å². The molecular formula is C16H24O5. The van der Waals surface area contributed by atoms with Crippen LogP contribution in [-0.2, 0) is 19.1 Å². The van der Waals surface area contributed by atoms with E-state index in [4.69, 9.17) is 9.47 Å². The van der Waals surface area contributed by atoms with Gasteiger partial charge in [0.05, 0.1) is 29.6 Å². The van der Waals surface area contributed by atoms with E-state index in [0.717, 1.165) is 12.8 Å². The third-order valence-corrected chi connectivity index (χ3v) is 5.46. The maximum atomic E-state index is 12.4. The summed E-state index contributed by atoms with van der Waals surface area (Å²) >= 11 is 0. The minimum absolute atomic E-state index is 0.0244. The van der Waals surface area contributed by atoms with Crippen molar-refractivity contribution in [3.63, 3.8) is 0 Å². The Morgan fingerprint density at radius 2 is 1.38 bits per heavy atom. The van der Waals surface area contributed by atoms with Crippen LogP contribution in [0.4, 0.5) is 0 Å². The highest BCUT2D eigenvalue weighted by atomic mass is 16.5. The molecule has 0 aromatic rings. The molecule has 5 nitrogen and oxygen atoms in total. The molecule has 5 heteroatoms. The Labute approximate surface area is 125 Å². The van der Waals surface area contributed by atoms with Crippen molar-refractivity contribution >= 4 is 11.9 Å². The van der Waals surface area contributed by atoms with E-state index in [-0.39, 0.29) is 17.9 Å². The van der Waals surface area contributed by atoms with Gasteiger partial charge in [-0.2, -0.15) is 0 Å². The second-order valence-electron chi connectivity index (χ2n) is 6.65. The Kier molecular flexibility index (Phi) is 3.32. The molecule has 0 bridgehead atoms. The van der Waals surface area contributed by atoms with Crippen molar-refractivity contribution in [1.29, 1.82) is 0 Å². The SMILES string of the molecule is CCOC(=O)C1(C(O)(C2CC2)C2(C(=O)OCC)CC2)CC1. The van der Waals surface area contributed by atoms with Crippen LogP contribution >= 0.6 is 0 Å². The summed E-state index contributed by atoms with van der Waals surface area (Å²) in [4.78, 5) is 24.9. The monoisotopic (exact) mass is 296 g/mol. The number of hydrogen-bond acceptors (Lipinski definition) is 5. The molecular weight excluding hydrogens is 272 g/mol. The lowest BCUT2D eigenvalue weighted by atomic mass is 9.68. The summed E-state index contributed by atoms with van der Waals surface area (Å²) < 4.78 is 10.4. The van der Waals surface area contributed by atoms with Gasteiger partial charge in [0.2, 0.25) is 0 Å². The first-order valence-electron chi connectivity index (χ1n) is 8.05. The number of carbonyl (C=O) groups is 2. The molecule has 3 fully saturated rings. The summed E-state index contributed by atoms with van der Waals surface area (Å²) in [5, 5.41) is 11.5. The zero-order chi connectivity index (χ0) is 15.3. The van der Waals surface area contributed by atoms with E-state index in [1.807, 2.05) is 0 Å². The highest BCUT2D eigenvalue weighted by molar-refractivity contribution is 5.88. The molecule has 0 radical (unpaired) electrons. The quantitative estimate of drug-likeness (QED) is 0.725. The largest absolute Gasteiger partial charge is 0.465 e.